The van der Waals surface area contributed by atoms with Gasteiger partial charge < -0.3 is 10.2 Å². The van der Waals surface area contributed by atoms with Crippen LogP contribution < -0.4 is 5.32 Å². The Kier molecular flexibility index (Phi) is 5.40. The number of hydrogen-bond acceptors (Lipinski definition) is 2. The van der Waals surface area contributed by atoms with Gasteiger partial charge in [0, 0.05) is 19.6 Å². The van der Waals surface area contributed by atoms with Crippen LogP contribution >= 0.6 is 0 Å². The molecule has 78 valence electrons. The third kappa shape index (κ3) is 5.27. The van der Waals surface area contributed by atoms with Crippen molar-refractivity contribution in [1.82, 2.24) is 10.2 Å². The van der Waals surface area contributed by atoms with Gasteiger partial charge in [-0.25, -0.2) is 0 Å². The van der Waals surface area contributed by atoms with Gasteiger partial charge in [-0.3, -0.25) is 0 Å². The first-order chi connectivity index (χ1) is 6.36. The van der Waals surface area contributed by atoms with E-state index in [9.17, 15) is 0 Å². The minimum absolute atomic E-state index is 1.03. The lowest BCUT2D eigenvalue weighted by molar-refractivity contribution is 0.276. The third-order valence-corrected chi connectivity index (χ3v) is 2.69. The van der Waals surface area contributed by atoms with Gasteiger partial charge in [-0.2, -0.15) is 0 Å². The standard InChI is InChI=1S/C11H24N2/c1-3-7-12-8-9-13(4-2)10-11-5-6-11/h11-12H,3-10H2,1-2H3. The molecule has 1 N–H and O–H groups in total. The molecule has 0 aromatic carbocycles. The Balaban J connectivity index is 1.94. The molecule has 0 radical (unpaired) electrons. The number of likely N-dealkylation sites (N-methyl/N-ethyl adjacent to an activating group) is 1. The Morgan fingerprint density at radius 3 is 2.54 bits per heavy atom. The molecular weight excluding hydrogens is 160 g/mol. The molecule has 1 saturated carbocycles. The summed E-state index contributed by atoms with van der Waals surface area (Å²) in [5, 5.41) is 3.45. The zero-order valence-corrected chi connectivity index (χ0v) is 9.18. The minimum atomic E-state index is 1.03. The quantitative estimate of drug-likeness (QED) is 0.578. The van der Waals surface area contributed by atoms with Gasteiger partial charge in [0.15, 0.2) is 0 Å². The molecule has 0 bridgehead atoms. The summed E-state index contributed by atoms with van der Waals surface area (Å²) in [4.78, 5) is 2.57. The highest BCUT2D eigenvalue weighted by Gasteiger charge is 2.23. The molecular formula is C11H24N2. The van der Waals surface area contributed by atoms with Gasteiger partial charge >= 0.3 is 0 Å². The summed E-state index contributed by atoms with van der Waals surface area (Å²) >= 11 is 0. The van der Waals surface area contributed by atoms with Crippen molar-refractivity contribution in [3.8, 4) is 0 Å². The van der Waals surface area contributed by atoms with Gasteiger partial charge in [-0.15, -0.1) is 0 Å². The smallest absolute Gasteiger partial charge is 0.0107 e. The Hall–Kier alpha value is -0.0800. The molecule has 0 aromatic rings. The molecule has 1 rings (SSSR count). The van der Waals surface area contributed by atoms with Crippen LogP contribution in [0, 0.1) is 5.92 Å². The van der Waals surface area contributed by atoms with E-state index in [-0.39, 0.29) is 0 Å². The SMILES string of the molecule is CCCNCCN(CC)CC1CC1. The molecule has 13 heavy (non-hydrogen) atoms. The number of nitrogens with zero attached hydrogens (tertiary/aromatic N) is 1. The Morgan fingerprint density at radius 1 is 1.23 bits per heavy atom. The molecule has 0 spiro atoms. The lowest BCUT2D eigenvalue weighted by atomic mass is 10.3. The van der Waals surface area contributed by atoms with Crippen molar-refractivity contribution < 1.29 is 0 Å². The second-order valence-corrected chi connectivity index (χ2v) is 4.09. The summed E-state index contributed by atoms with van der Waals surface area (Å²) in [5.41, 5.74) is 0. The van der Waals surface area contributed by atoms with E-state index in [1.165, 1.54) is 45.4 Å². The van der Waals surface area contributed by atoms with Crippen molar-refractivity contribution in [3.63, 3.8) is 0 Å². The average molecular weight is 184 g/mol. The van der Waals surface area contributed by atoms with Gasteiger partial charge in [0.2, 0.25) is 0 Å². The normalized spacial score (nSPS) is 16.8. The molecule has 1 aliphatic rings. The molecule has 1 fully saturated rings. The highest BCUT2D eigenvalue weighted by molar-refractivity contribution is 4.77. The molecule has 0 saturated heterocycles. The largest absolute Gasteiger partial charge is 0.315 e. The summed E-state index contributed by atoms with van der Waals surface area (Å²) in [6.45, 7) is 10.6. The van der Waals surface area contributed by atoms with Crippen LogP contribution in [-0.2, 0) is 0 Å². The van der Waals surface area contributed by atoms with Crippen molar-refractivity contribution in [2.45, 2.75) is 33.1 Å². The van der Waals surface area contributed by atoms with E-state index in [2.05, 4.69) is 24.1 Å². The van der Waals surface area contributed by atoms with E-state index in [0.717, 1.165) is 12.5 Å². The Labute approximate surface area is 82.7 Å². The maximum atomic E-state index is 3.45. The first kappa shape index (κ1) is 11.0. The van der Waals surface area contributed by atoms with Gasteiger partial charge in [-0.05, 0) is 38.3 Å². The fraction of sp³-hybridized carbons (Fsp3) is 1.00. The van der Waals surface area contributed by atoms with Gasteiger partial charge in [0.25, 0.3) is 0 Å². The Bertz CT molecular complexity index is 121. The summed E-state index contributed by atoms with van der Waals surface area (Å²) in [6.07, 6.45) is 4.19. The van der Waals surface area contributed by atoms with Crippen molar-refractivity contribution >= 4 is 0 Å². The zero-order valence-electron chi connectivity index (χ0n) is 9.18. The second-order valence-electron chi connectivity index (χ2n) is 4.09. The number of rotatable bonds is 8. The van der Waals surface area contributed by atoms with E-state index in [0.29, 0.717) is 0 Å². The van der Waals surface area contributed by atoms with Crippen LogP contribution in [0.2, 0.25) is 0 Å². The highest BCUT2D eigenvalue weighted by Crippen LogP contribution is 2.29. The van der Waals surface area contributed by atoms with Crippen LogP contribution in [0.15, 0.2) is 0 Å². The van der Waals surface area contributed by atoms with Gasteiger partial charge in [-0.1, -0.05) is 13.8 Å². The molecule has 1 aliphatic carbocycles. The van der Waals surface area contributed by atoms with E-state index in [1.807, 2.05) is 0 Å². The first-order valence-corrected chi connectivity index (χ1v) is 5.79. The lowest BCUT2D eigenvalue weighted by Gasteiger charge is -2.20. The number of nitrogens with one attached hydrogen (secondary N) is 1. The summed E-state index contributed by atoms with van der Waals surface area (Å²) in [6, 6.07) is 0. The van der Waals surface area contributed by atoms with Crippen LogP contribution in [0.5, 0.6) is 0 Å². The lowest BCUT2D eigenvalue weighted by Crippen LogP contribution is -2.33. The fourth-order valence-corrected chi connectivity index (χ4v) is 1.58. The monoisotopic (exact) mass is 184 g/mol. The molecule has 0 aromatic heterocycles. The Morgan fingerprint density at radius 2 is 2.00 bits per heavy atom. The molecule has 0 amide bonds. The van der Waals surface area contributed by atoms with Crippen molar-refractivity contribution in [1.29, 1.82) is 0 Å². The van der Waals surface area contributed by atoms with Gasteiger partial charge in [0.05, 0.1) is 0 Å². The molecule has 0 heterocycles. The van der Waals surface area contributed by atoms with Crippen molar-refractivity contribution in [3.05, 3.63) is 0 Å². The van der Waals surface area contributed by atoms with E-state index in [1.54, 1.807) is 0 Å². The van der Waals surface area contributed by atoms with Crippen molar-refractivity contribution in [2.75, 3.05) is 32.7 Å². The van der Waals surface area contributed by atoms with Crippen LogP contribution in [0.4, 0.5) is 0 Å². The summed E-state index contributed by atoms with van der Waals surface area (Å²) in [5.74, 6) is 1.03. The predicted molar refractivity (Wildman–Crippen MR) is 58.0 cm³/mol. The molecule has 0 aliphatic heterocycles. The maximum absolute atomic E-state index is 3.45. The summed E-state index contributed by atoms with van der Waals surface area (Å²) < 4.78 is 0. The number of hydrogen-bond donors (Lipinski definition) is 1. The average Bonchev–Trinajstić information content (AvgIpc) is 2.94. The minimum Gasteiger partial charge on any atom is -0.315 e. The second kappa shape index (κ2) is 6.39. The predicted octanol–water partition coefficient (Wildman–Crippen LogP) is 1.72. The molecule has 0 unspecified atom stereocenters. The van der Waals surface area contributed by atoms with Crippen LogP contribution in [-0.4, -0.2) is 37.6 Å². The van der Waals surface area contributed by atoms with Crippen LogP contribution in [0.3, 0.4) is 0 Å². The summed E-state index contributed by atoms with van der Waals surface area (Å²) in [7, 11) is 0. The highest BCUT2D eigenvalue weighted by atomic mass is 15.1. The topological polar surface area (TPSA) is 15.3 Å². The van der Waals surface area contributed by atoms with Crippen molar-refractivity contribution in [2.24, 2.45) is 5.92 Å². The van der Waals surface area contributed by atoms with Crippen LogP contribution in [0.1, 0.15) is 33.1 Å². The fourth-order valence-electron chi connectivity index (χ4n) is 1.58. The van der Waals surface area contributed by atoms with Crippen LogP contribution in [0.25, 0.3) is 0 Å². The van der Waals surface area contributed by atoms with E-state index < -0.39 is 0 Å². The maximum Gasteiger partial charge on any atom is 0.0107 e. The van der Waals surface area contributed by atoms with Gasteiger partial charge in [0.1, 0.15) is 0 Å². The third-order valence-electron chi connectivity index (χ3n) is 2.69. The zero-order chi connectivity index (χ0) is 9.52. The molecule has 2 nitrogen and oxygen atoms in total. The van der Waals surface area contributed by atoms with E-state index >= 15 is 0 Å². The molecule has 2 heteroatoms. The first-order valence-electron chi connectivity index (χ1n) is 5.79. The van der Waals surface area contributed by atoms with E-state index in [4.69, 9.17) is 0 Å². The molecule has 0 atom stereocenters.